The van der Waals surface area contributed by atoms with Gasteiger partial charge >= 0.3 is 29.4 Å². The Kier molecular flexibility index (Phi) is 8.69. The molecule has 40 heavy (non-hydrogen) atoms. The highest BCUT2D eigenvalue weighted by Crippen LogP contribution is 2.40. The van der Waals surface area contributed by atoms with Crippen LogP contribution in [0.25, 0.3) is 0 Å². The molecule has 3 aromatic rings. The van der Waals surface area contributed by atoms with E-state index in [4.69, 9.17) is 19.9 Å². The number of carboxylic acid groups (broad SMARTS) is 1. The van der Waals surface area contributed by atoms with Gasteiger partial charge < -0.3 is 30.0 Å². The van der Waals surface area contributed by atoms with Crippen molar-refractivity contribution in [3.05, 3.63) is 63.2 Å². The van der Waals surface area contributed by atoms with E-state index in [2.05, 4.69) is 9.97 Å². The molecule has 0 aliphatic heterocycles. The average Bonchev–Trinajstić information content (AvgIpc) is 2.86. The van der Waals surface area contributed by atoms with Crippen molar-refractivity contribution >= 4 is 23.3 Å². The molecular formula is C26H26N6O8. The number of anilines is 1. The number of amides is 1. The Morgan fingerprint density at radius 1 is 1.12 bits per heavy atom. The number of rotatable bonds is 10. The average molecular weight is 551 g/mol. The van der Waals surface area contributed by atoms with Crippen molar-refractivity contribution in [3.63, 3.8) is 0 Å². The summed E-state index contributed by atoms with van der Waals surface area (Å²) in [6.45, 7) is 4.79. The number of nitrogens with zero attached hydrogens (tertiary/aromatic N) is 5. The van der Waals surface area contributed by atoms with Gasteiger partial charge in [0.15, 0.2) is 11.9 Å². The molecule has 1 heterocycles. The first-order chi connectivity index (χ1) is 18.8. The summed E-state index contributed by atoms with van der Waals surface area (Å²) >= 11 is 0. The van der Waals surface area contributed by atoms with Gasteiger partial charge in [-0.2, -0.15) is 15.2 Å². The van der Waals surface area contributed by atoms with Crippen LogP contribution < -0.4 is 19.9 Å². The number of nitriles is 1. The van der Waals surface area contributed by atoms with Crippen molar-refractivity contribution in [3.8, 4) is 35.3 Å². The highest BCUT2D eigenvalue weighted by atomic mass is 16.6. The summed E-state index contributed by atoms with van der Waals surface area (Å²) in [4.78, 5) is 44.9. The van der Waals surface area contributed by atoms with Crippen LogP contribution in [0.5, 0.6) is 29.3 Å². The zero-order valence-electron chi connectivity index (χ0n) is 22.2. The van der Waals surface area contributed by atoms with Gasteiger partial charge in [-0.15, -0.1) is 0 Å². The second-order valence-corrected chi connectivity index (χ2v) is 9.15. The number of carbonyl (C=O) groups excluding carboxylic acids is 1. The monoisotopic (exact) mass is 550 g/mol. The lowest BCUT2D eigenvalue weighted by molar-refractivity contribution is -0.387. The third-order valence-electron chi connectivity index (χ3n) is 5.33. The van der Waals surface area contributed by atoms with Gasteiger partial charge in [0.2, 0.25) is 0 Å². The van der Waals surface area contributed by atoms with Crippen LogP contribution in [0.15, 0.2) is 36.4 Å². The standard InChI is InChI=1S/C26H26N6O8/c1-13(2)21(25(34)35)40-23-20(32(36)37)22(38-17-9-14(3)8-16(11-17)24(33)31(4)5)29-26(30-23)39-19-10-15(12-27)6-7-18(19)28/h6-11,13,21H,28H2,1-5H3,(H,34,35). The number of aryl methyl sites for hydroxylation is 1. The Balaban J connectivity index is 2.21. The lowest BCUT2D eigenvalue weighted by atomic mass is 10.1. The second kappa shape index (κ2) is 11.9. The Bertz CT molecular complexity index is 1520. The molecule has 3 N–H and O–H groups in total. The summed E-state index contributed by atoms with van der Waals surface area (Å²) in [6.07, 6.45) is -1.52. The van der Waals surface area contributed by atoms with E-state index in [-0.39, 0.29) is 34.2 Å². The summed E-state index contributed by atoms with van der Waals surface area (Å²) in [7, 11) is 3.13. The quantitative estimate of drug-likeness (QED) is 0.209. The molecule has 0 aliphatic carbocycles. The number of aliphatic carboxylic acids is 1. The van der Waals surface area contributed by atoms with Crippen molar-refractivity contribution in [2.45, 2.75) is 26.9 Å². The third kappa shape index (κ3) is 6.70. The predicted molar refractivity (Wildman–Crippen MR) is 140 cm³/mol. The van der Waals surface area contributed by atoms with Crippen molar-refractivity contribution in [2.24, 2.45) is 5.92 Å². The van der Waals surface area contributed by atoms with Crippen LogP contribution in [-0.4, -0.2) is 57.0 Å². The van der Waals surface area contributed by atoms with E-state index in [1.807, 2.05) is 6.07 Å². The molecule has 0 radical (unpaired) electrons. The van der Waals surface area contributed by atoms with Gasteiger partial charge in [0.25, 0.3) is 5.91 Å². The molecule has 1 amide bonds. The fraction of sp³-hybridized carbons (Fsp3) is 0.269. The minimum Gasteiger partial charge on any atom is -0.478 e. The first kappa shape index (κ1) is 29.1. The van der Waals surface area contributed by atoms with Crippen LogP contribution in [0.4, 0.5) is 11.4 Å². The van der Waals surface area contributed by atoms with E-state index >= 15 is 0 Å². The molecule has 0 saturated heterocycles. The molecule has 14 nitrogen and oxygen atoms in total. The summed E-state index contributed by atoms with van der Waals surface area (Å²) in [6, 6.07) is 10.0. The number of hydrogen-bond donors (Lipinski definition) is 2. The Morgan fingerprint density at radius 2 is 1.80 bits per heavy atom. The molecule has 208 valence electrons. The van der Waals surface area contributed by atoms with E-state index in [1.54, 1.807) is 40.9 Å². The lowest BCUT2D eigenvalue weighted by Gasteiger charge is -2.18. The van der Waals surface area contributed by atoms with E-state index in [0.29, 0.717) is 5.56 Å². The van der Waals surface area contributed by atoms with Crippen molar-refractivity contribution in [1.82, 2.24) is 14.9 Å². The van der Waals surface area contributed by atoms with Crippen LogP contribution in [0, 0.1) is 34.3 Å². The largest absolute Gasteiger partial charge is 0.478 e. The Labute approximate surface area is 228 Å². The number of aromatic nitrogens is 2. The molecule has 2 aromatic carbocycles. The molecule has 1 aromatic heterocycles. The van der Waals surface area contributed by atoms with Crippen LogP contribution in [-0.2, 0) is 4.79 Å². The summed E-state index contributed by atoms with van der Waals surface area (Å²) < 4.78 is 16.9. The van der Waals surface area contributed by atoms with Gasteiger partial charge in [0.1, 0.15) is 5.75 Å². The minimum absolute atomic E-state index is 0.0218. The first-order valence-corrected chi connectivity index (χ1v) is 11.7. The Hall–Kier alpha value is -5.45. The molecule has 0 aliphatic rings. The summed E-state index contributed by atoms with van der Waals surface area (Å²) in [5.41, 5.74) is 6.22. The molecule has 0 bridgehead atoms. The molecule has 0 spiro atoms. The number of ether oxygens (including phenoxy) is 3. The van der Waals surface area contributed by atoms with Crippen molar-refractivity contribution in [1.29, 1.82) is 5.26 Å². The highest BCUT2D eigenvalue weighted by Gasteiger charge is 2.34. The number of benzene rings is 2. The predicted octanol–water partition coefficient (Wildman–Crippen LogP) is 3.92. The van der Waals surface area contributed by atoms with Gasteiger partial charge in [-0.05, 0) is 42.8 Å². The van der Waals surface area contributed by atoms with Gasteiger partial charge in [-0.1, -0.05) is 13.8 Å². The van der Waals surface area contributed by atoms with E-state index in [9.17, 15) is 30.1 Å². The van der Waals surface area contributed by atoms with Gasteiger partial charge in [0, 0.05) is 31.6 Å². The molecule has 14 heteroatoms. The minimum atomic E-state index is -1.52. The number of carbonyl (C=O) groups is 2. The first-order valence-electron chi connectivity index (χ1n) is 11.7. The molecule has 3 rings (SSSR count). The fourth-order valence-corrected chi connectivity index (χ4v) is 3.43. The number of nitro groups is 1. The van der Waals surface area contributed by atoms with Crippen LogP contribution in [0.2, 0.25) is 0 Å². The third-order valence-corrected chi connectivity index (χ3v) is 5.33. The smallest absolute Gasteiger partial charge is 0.392 e. The maximum atomic E-state index is 12.5. The highest BCUT2D eigenvalue weighted by molar-refractivity contribution is 5.94. The Morgan fingerprint density at radius 3 is 2.38 bits per heavy atom. The zero-order chi connectivity index (χ0) is 29.7. The second-order valence-electron chi connectivity index (χ2n) is 9.15. The molecule has 0 saturated carbocycles. The lowest BCUT2D eigenvalue weighted by Crippen LogP contribution is -2.32. The molecule has 0 fully saturated rings. The SMILES string of the molecule is Cc1cc(Oc2nc(Oc3cc(C#N)ccc3N)nc(OC(C(=O)O)C(C)C)c2[N+](=O)[O-])cc(C(=O)N(C)C)c1. The van der Waals surface area contributed by atoms with Gasteiger partial charge in [0.05, 0.1) is 22.2 Å². The van der Waals surface area contributed by atoms with E-state index < -0.39 is 46.4 Å². The maximum Gasteiger partial charge on any atom is 0.392 e. The van der Waals surface area contributed by atoms with Crippen LogP contribution >= 0.6 is 0 Å². The maximum absolute atomic E-state index is 12.5. The van der Waals surface area contributed by atoms with Gasteiger partial charge in [-0.25, -0.2) is 4.79 Å². The zero-order valence-corrected chi connectivity index (χ0v) is 22.2. The van der Waals surface area contributed by atoms with Crippen LogP contribution in [0.1, 0.15) is 35.3 Å². The van der Waals surface area contributed by atoms with Crippen molar-refractivity contribution in [2.75, 3.05) is 19.8 Å². The van der Waals surface area contributed by atoms with E-state index in [0.717, 1.165) is 0 Å². The number of hydrogen-bond acceptors (Lipinski definition) is 11. The normalized spacial score (nSPS) is 11.3. The van der Waals surface area contributed by atoms with Gasteiger partial charge in [-0.3, -0.25) is 14.9 Å². The molecular weight excluding hydrogens is 524 g/mol. The summed E-state index contributed by atoms with van der Waals surface area (Å²) in [5, 5.41) is 31.0. The van der Waals surface area contributed by atoms with Crippen molar-refractivity contribution < 1.29 is 33.8 Å². The molecule has 1 atom stereocenters. The fourth-order valence-electron chi connectivity index (χ4n) is 3.43. The van der Waals surface area contributed by atoms with E-state index in [1.165, 1.54) is 35.2 Å². The number of carboxylic acids is 1. The summed E-state index contributed by atoms with van der Waals surface area (Å²) in [5.74, 6) is -3.75. The molecule has 1 unspecified atom stereocenters. The number of nitrogens with two attached hydrogens (primary N) is 1. The van der Waals surface area contributed by atoms with Crippen LogP contribution in [0.3, 0.4) is 0 Å². The topological polar surface area (TPSA) is 204 Å². The number of nitrogen functional groups attached to an aromatic ring is 1.